The lowest BCUT2D eigenvalue weighted by atomic mass is 9.94. The van der Waals surface area contributed by atoms with Gasteiger partial charge in [0.1, 0.15) is 0 Å². The Hall–Kier alpha value is -1.88. The molecular weight excluding hydrogens is 302 g/mol. The molecule has 1 N–H and O–H groups in total. The van der Waals surface area contributed by atoms with Gasteiger partial charge < -0.3 is 9.30 Å². The van der Waals surface area contributed by atoms with E-state index in [1.807, 2.05) is 31.2 Å². The minimum absolute atomic E-state index is 0.0255. The van der Waals surface area contributed by atoms with Crippen LogP contribution in [-0.4, -0.2) is 28.7 Å². The molecule has 1 aromatic heterocycles. The Labute approximate surface area is 144 Å². The molecule has 132 valence electrons. The molecule has 0 saturated heterocycles. The first kappa shape index (κ1) is 18.5. The number of para-hydroxylation sites is 2. The summed E-state index contributed by atoms with van der Waals surface area (Å²) in [6.07, 6.45) is 1.40. The predicted octanol–water partition coefficient (Wildman–Crippen LogP) is 4.08. The average molecular weight is 331 g/mol. The third-order valence-corrected chi connectivity index (χ3v) is 4.43. The van der Waals surface area contributed by atoms with E-state index in [0.717, 1.165) is 30.6 Å². The molecule has 0 aliphatic heterocycles. The maximum atomic E-state index is 12.3. The van der Waals surface area contributed by atoms with Crippen molar-refractivity contribution in [2.75, 3.05) is 18.5 Å². The quantitative estimate of drug-likeness (QED) is 0.704. The van der Waals surface area contributed by atoms with Gasteiger partial charge in [0.2, 0.25) is 11.9 Å². The number of aromatic nitrogens is 2. The summed E-state index contributed by atoms with van der Waals surface area (Å²) in [5.74, 6) is 1.49. The van der Waals surface area contributed by atoms with E-state index in [1.165, 1.54) is 0 Å². The van der Waals surface area contributed by atoms with Gasteiger partial charge in [0.15, 0.2) is 0 Å². The molecule has 1 atom stereocenters. The van der Waals surface area contributed by atoms with Crippen LogP contribution in [0.5, 0.6) is 0 Å². The number of benzene rings is 1. The van der Waals surface area contributed by atoms with Crippen molar-refractivity contribution in [3.8, 4) is 0 Å². The smallest absolute Gasteiger partial charge is 0.226 e. The number of aryl methyl sites for hydroxylation is 1. The predicted molar refractivity (Wildman–Crippen MR) is 98.1 cm³/mol. The molecule has 0 saturated carbocycles. The number of hydrogen-bond donors (Lipinski definition) is 1. The summed E-state index contributed by atoms with van der Waals surface area (Å²) in [5.41, 5.74) is 1.95. The van der Waals surface area contributed by atoms with Gasteiger partial charge in [-0.3, -0.25) is 10.1 Å². The number of nitrogens with zero attached hydrogens (tertiary/aromatic N) is 2. The van der Waals surface area contributed by atoms with Gasteiger partial charge in [-0.05, 0) is 37.3 Å². The fourth-order valence-electron chi connectivity index (χ4n) is 2.57. The highest BCUT2D eigenvalue weighted by molar-refractivity contribution is 5.91. The van der Waals surface area contributed by atoms with E-state index in [0.29, 0.717) is 30.8 Å². The lowest BCUT2D eigenvalue weighted by molar-refractivity contribution is -0.117. The molecule has 2 aromatic rings. The van der Waals surface area contributed by atoms with E-state index in [-0.39, 0.29) is 5.91 Å². The second-order valence-corrected chi connectivity index (χ2v) is 6.60. The molecule has 0 bridgehead atoms. The number of nitrogens with one attached hydrogen (secondary N) is 1. The van der Waals surface area contributed by atoms with Gasteiger partial charge in [0.25, 0.3) is 0 Å². The van der Waals surface area contributed by atoms with Crippen LogP contribution in [0, 0.1) is 11.8 Å². The highest BCUT2D eigenvalue weighted by Gasteiger charge is 2.16. The number of rotatable bonds is 9. The molecule has 1 amide bonds. The number of amides is 1. The molecular formula is C19H29N3O2. The van der Waals surface area contributed by atoms with Gasteiger partial charge in [0.05, 0.1) is 11.0 Å². The molecule has 5 heteroatoms. The summed E-state index contributed by atoms with van der Waals surface area (Å²) in [6.45, 7) is 10.6. The van der Waals surface area contributed by atoms with Crippen molar-refractivity contribution in [2.24, 2.45) is 11.8 Å². The van der Waals surface area contributed by atoms with Crippen LogP contribution in [0.25, 0.3) is 11.0 Å². The van der Waals surface area contributed by atoms with Gasteiger partial charge in [-0.2, -0.15) is 0 Å². The second kappa shape index (κ2) is 8.83. The fraction of sp³-hybridized carbons (Fsp3) is 0.579. The zero-order chi connectivity index (χ0) is 17.5. The van der Waals surface area contributed by atoms with Crippen LogP contribution in [0.15, 0.2) is 24.3 Å². The minimum atomic E-state index is 0.0255. The second-order valence-electron chi connectivity index (χ2n) is 6.60. The van der Waals surface area contributed by atoms with Crippen molar-refractivity contribution in [2.45, 2.75) is 47.1 Å². The van der Waals surface area contributed by atoms with Crippen molar-refractivity contribution in [1.82, 2.24) is 9.55 Å². The lowest BCUT2D eigenvalue weighted by Gasteiger charge is -2.15. The molecule has 0 fully saturated rings. The third-order valence-electron chi connectivity index (χ3n) is 4.43. The maximum Gasteiger partial charge on any atom is 0.226 e. The highest BCUT2D eigenvalue weighted by Crippen LogP contribution is 2.21. The molecule has 0 aliphatic rings. The number of imidazole rings is 1. The molecule has 2 rings (SSSR count). The molecule has 5 nitrogen and oxygen atoms in total. The van der Waals surface area contributed by atoms with E-state index < -0.39 is 0 Å². The van der Waals surface area contributed by atoms with Gasteiger partial charge in [-0.1, -0.05) is 32.9 Å². The van der Waals surface area contributed by atoms with E-state index in [4.69, 9.17) is 4.74 Å². The topological polar surface area (TPSA) is 56.1 Å². The summed E-state index contributed by atoms with van der Waals surface area (Å²) in [6, 6.07) is 7.97. The zero-order valence-corrected chi connectivity index (χ0v) is 15.2. The Morgan fingerprint density at radius 3 is 2.75 bits per heavy atom. The number of carbonyl (C=O) groups excluding carboxylic acids is 1. The van der Waals surface area contributed by atoms with Crippen LogP contribution in [-0.2, 0) is 16.1 Å². The number of hydrogen-bond acceptors (Lipinski definition) is 3. The number of anilines is 1. The van der Waals surface area contributed by atoms with Crippen molar-refractivity contribution >= 4 is 22.9 Å². The van der Waals surface area contributed by atoms with Crippen LogP contribution >= 0.6 is 0 Å². The van der Waals surface area contributed by atoms with Gasteiger partial charge in [-0.15, -0.1) is 0 Å². The number of carbonyl (C=O) groups is 1. The summed E-state index contributed by atoms with van der Waals surface area (Å²) in [7, 11) is 0. The highest BCUT2D eigenvalue weighted by atomic mass is 16.5. The largest absolute Gasteiger partial charge is 0.382 e. The standard InChI is InChI=1S/C19H29N3O2/c1-5-24-12-8-11-22-17-10-7-6-9-16(17)20-19(22)21-18(23)13-15(4)14(2)3/h6-7,9-10,14-15H,5,8,11-13H2,1-4H3,(H,20,21,23). The van der Waals surface area contributed by atoms with Crippen LogP contribution in [0.4, 0.5) is 5.95 Å². The molecule has 0 radical (unpaired) electrons. The van der Waals surface area contributed by atoms with E-state index >= 15 is 0 Å². The SMILES string of the molecule is CCOCCCn1c(NC(=O)CC(C)C(C)C)nc2ccccc21. The lowest BCUT2D eigenvalue weighted by Crippen LogP contribution is -2.20. The Kier molecular flexibility index (Phi) is 6.79. The van der Waals surface area contributed by atoms with Crippen LogP contribution in [0.3, 0.4) is 0 Å². The van der Waals surface area contributed by atoms with Crippen molar-refractivity contribution in [3.63, 3.8) is 0 Å². The molecule has 24 heavy (non-hydrogen) atoms. The van der Waals surface area contributed by atoms with Crippen LogP contribution in [0.1, 0.15) is 40.5 Å². The summed E-state index contributed by atoms with van der Waals surface area (Å²) >= 11 is 0. The van der Waals surface area contributed by atoms with Gasteiger partial charge >= 0.3 is 0 Å². The van der Waals surface area contributed by atoms with E-state index in [9.17, 15) is 4.79 Å². The van der Waals surface area contributed by atoms with Crippen molar-refractivity contribution in [1.29, 1.82) is 0 Å². The Balaban J connectivity index is 2.14. The monoisotopic (exact) mass is 331 g/mol. The Bertz CT molecular complexity index is 664. The molecule has 1 heterocycles. The van der Waals surface area contributed by atoms with E-state index in [2.05, 4.69) is 35.6 Å². The van der Waals surface area contributed by atoms with Gasteiger partial charge in [0, 0.05) is 26.2 Å². The van der Waals surface area contributed by atoms with Crippen molar-refractivity contribution < 1.29 is 9.53 Å². The normalized spacial score (nSPS) is 12.7. The number of ether oxygens (including phenoxy) is 1. The molecule has 1 unspecified atom stereocenters. The first-order valence-corrected chi connectivity index (χ1v) is 8.85. The number of fused-ring (bicyclic) bond motifs is 1. The van der Waals surface area contributed by atoms with Crippen molar-refractivity contribution in [3.05, 3.63) is 24.3 Å². The average Bonchev–Trinajstić information content (AvgIpc) is 2.88. The fourth-order valence-corrected chi connectivity index (χ4v) is 2.57. The summed E-state index contributed by atoms with van der Waals surface area (Å²) in [5, 5.41) is 3.00. The minimum Gasteiger partial charge on any atom is -0.382 e. The van der Waals surface area contributed by atoms with Gasteiger partial charge in [-0.25, -0.2) is 4.98 Å². The molecule has 0 aliphatic carbocycles. The van der Waals surface area contributed by atoms with E-state index in [1.54, 1.807) is 0 Å². The first-order valence-electron chi connectivity index (χ1n) is 8.85. The summed E-state index contributed by atoms with van der Waals surface area (Å²) < 4.78 is 7.50. The Morgan fingerprint density at radius 1 is 1.29 bits per heavy atom. The zero-order valence-electron chi connectivity index (χ0n) is 15.2. The van der Waals surface area contributed by atoms with Crippen LogP contribution in [0.2, 0.25) is 0 Å². The summed E-state index contributed by atoms with van der Waals surface area (Å²) in [4.78, 5) is 16.9. The maximum absolute atomic E-state index is 12.3. The molecule has 0 spiro atoms. The third kappa shape index (κ3) is 4.81. The molecule has 1 aromatic carbocycles. The van der Waals surface area contributed by atoms with Crippen LogP contribution < -0.4 is 5.32 Å². The Morgan fingerprint density at radius 2 is 2.04 bits per heavy atom. The first-order chi connectivity index (χ1) is 11.5.